The Kier molecular flexibility index (Phi) is 4.28. The van der Waals surface area contributed by atoms with Gasteiger partial charge in [-0.2, -0.15) is 0 Å². The topological polar surface area (TPSA) is 13.1 Å². The molecule has 1 unspecified atom stereocenters. The van der Waals surface area contributed by atoms with Crippen LogP contribution in [0.25, 0.3) is 0 Å². The number of halogens is 1. The molecule has 0 spiro atoms. The summed E-state index contributed by atoms with van der Waals surface area (Å²) < 4.78 is 5.35. The van der Waals surface area contributed by atoms with Crippen molar-refractivity contribution in [3.8, 4) is 0 Å². The van der Waals surface area contributed by atoms with E-state index in [1.165, 1.54) is 16.7 Å². The van der Waals surface area contributed by atoms with Gasteiger partial charge in [-0.25, -0.2) is 0 Å². The Bertz CT molecular complexity index is 496. The van der Waals surface area contributed by atoms with Gasteiger partial charge in [-0.15, -0.1) is 0 Å². The summed E-state index contributed by atoms with van der Waals surface area (Å²) in [6.07, 6.45) is 2.88. The van der Waals surface area contributed by atoms with Gasteiger partial charge in [0, 0.05) is 5.56 Å². The minimum absolute atomic E-state index is 0.212. The van der Waals surface area contributed by atoms with E-state index in [9.17, 15) is 0 Å². The van der Waals surface area contributed by atoms with Gasteiger partial charge in [0.25, 0.3) is 0 Å². The Morgan fingerprint density at radius 1 is 1.11 bits per heavy atom. The number of benzene rings is 1. The van der Waals surface area contributed by atoms with E-state index < -0.39 is 0 Å². The summed E-state index contributed by atoms with van der Waals surface area (Å²) >= 11 is 3.74. The standard InChI is InChI=1S/C16H19BrO/c1-11(2)10-13-4-6-14(7-5-13)16(17)15-8-9-18-12(15)3/h4-9,11,16H,10H2,1-3H3. The maximum atomic E-state index is 5.35. The highest BCUT2D eigenvalue weighted by atomic mass is 79.9. The number of rotatable bonds is 4. The molecule has 0 saturated carbocycles. The van der Waals surface area contributed by atoms with Crippen LogP contribution in [-0.4, -0.2) is 0 Å². The summed E-state index contributed by atoms with van der Waals surface area (Å²) in [5.41, 5.74) is 3.87. The Hall–Kier alpha value is -1.02. The molecule has 0 aliphatic heterocycles. The first kappa shape index (κ1) is 13.4. The van der Waals surface area contributed by atoms with Crippen LogP contribution < -0.4 is 0 Å². The van der Waals surface area contributed by atoms with Gasteiger partial charge >= 0.3 is 0 Å². The highest BCUT2D eigenvalue weighted by molar-refractivity contribution is 9.09. The Morgan fingerprint density at radius 3 is 2.28 bits per heavy atom. The lowest BCUT2D eigenvalue weighted by atomic mass is 9.99. The van der Waals surface area contributed by atoms with Crippen molar-refractivity contribution in [2.24, 2.45) is 5.92 Å². The first-order chi connectivity index (χ1) is 8.58. The average molecular weight is 307 g/mol. The van der Waals surface area contributed by atoms with Crippen LogP contribution in [0.5, 0.6) is 0 Å². The lowest BCUT2D eigenvalue weighted by Gasteiger charge is -2.11. The summed E-state index contributed by atoms with van der Waals surface area (Å²) in [6, 6.07) is 10.9. The monoisotopic (exact) mass is 306 g/mol. The molecule has 1 nitrogen and oxygen atoms in total. The molecule has 0 aliphatic carbocycles. The fraction of sp³-hybridized carbons (Fsp3) is 0.375. The van der Waals surface area contributed by atoms with E-state index in [-0.39, 0.29) is 4.83 Å². The van der Waals surface area contributed by atoms with E-state index in [1.807, 2.05) is 13.0 Å². The van der Waals surface area contributed by atoms with Crippen molar-refractivity contribution in [3.63, 3.8) is 0 Å². The zero-order chi connectivity index (χ0) is 13.1. The molecular weight excluding hydrogens is 288 g/mol. The van der Waals surface area contributed by atoms with Crippen LogP contribution >= 0.6 is 15.9 Å². The van der Waals surface area contributed by atoms with E-state index in [4.69, 9.17) is 4.42 Å². The molecule has 2 aromatic rings. The number of hydrogen-bond donors (Lipinski definition) is 0. The number of furan rings is 1. The molecule has 0 N–H and O–H groups in total. The third-order valence-electron chi connectivity index (χ3n) is 3.09. The van der Waals surface area contributed by atoms with Crippen molar-refractivity contribution in [1.29, 1.82) is 0 Å². The second-order valence-corrected chi connectivity index (χ2v) is 6.05. The second kappa shape index (κ2) is 5.75. The molecule has 2 heteroatoms. The van der Waals surface area contributed by atoms with Gasteiger partial charge in [0.2, 0.25) is 0 Å². The van der Waals surface area contributed by atoms with E-state index in [2.05, 4.69) is 54.0 Å². The van der Waals surface area contributed by atoms with Crippen LogP contribution in [0.15, 0.2) is 41.0 Å². The molecule has 2 rings (SSSR count). The summed E-state index contributed by atoms with van der Waals surface area (Å²) in [4.78, 5) is 0.212. The molecule has 0 aliphatic rings. The van der Waals surface area contributed by atoms with Crippen LogP contribution in [0.3, 0.4) is 0 Å². The number of aryl methyl sites for hydroxylation is 1. The molecule has 1 aromatic heterocycles. The zero-order valence-corrected chi connectivity index (χ0v) is 12.7. The van der Waals surface area contributed by atoms with E-state index in [0.29, 0.717) is 5.92 Å². The van der Waals surface area contributed by atoms with Crippen LogP contribution in [0.4, 0.5) is 0 Å². The van der Waals surface area contributed by atoms with Gasteiger partial charge in [-0.05, 0) is 36.5 Å². The highest BCUT2D eigenvalue weighted by Crippen LogP contribution is 2.33. The summed E-state index contributed by atoms with van der Waals surface area (Å²) in [5, 5.41) is 0. The van der Waals surface area contributed by atoms with Gasteiger partial charge < -0.3 is 4.42 Å². The highest BCUT2D eigenvalue weighted by Gasteiger charge is 2.14. The molecular formula is C16H19BrO. The Balaban J connectivity index is 2.17. The quantitative estimate of drug-likeness (QED) is 0.701. The van der Waals surface area contributed by atoms with Crippen molar-refractivity contribution in [3.05, 3.63) is 59.0 Å². The predicted molar refractivity (Wildman–Crippen MR) is 79.2 cm³/mol. The molecule has 1 aromatic carbocycles. The first-order valence-electron chi connectivity index (χ1n) is 6.35. The smallest absolute Gasteiger partial charge is 0.105 e. The lowest BCUT2D eigenvalue weighted by Crippen LogP contribution is -1.96. The predicted octanol–water partition coefficient (Wildman–Crippen LogP) is 5.27. The van der Waals surface area contributed by atoms with Gasteiger partial charge in [-0.3, -0.25) is 0 Å². The largest absolute Gasteiger partial charge is 0.469 e. The Labute approximate surface area is 117 Å². The van der Waals surface area contributed by atoms with Gasteiger partial charge in [-0.1, -0.05) is 54.0 Å². The SMILES string of the molecule is Cc1occc1C(Br)c1ccc(CC(C)C)cc1. The second-order valence-electron chi connectivity index (χ2n) is 5.13. The lowest BCUT2D eigenvalue weighted by molar-refractivity contribution is 0.530. The van der Waals surface area contributed by atoms with Crippen LogP contribution in [0, 0.1) is 12.8 Å². The van der Waals surface area contributed by atoms with Crippen molar-refractivity contribution in [2.45, 2.75) is 32.0 Å². The molecule has 0 amide bonds. The Morgan fingerprint density at radius 2 is 1.78 bits per heavy atom. The molecule has 0 radical (unpaired) electrons. The number of alkyl halides is 1. The molecule has 18 heavy (non-hydrogen) atoms. The summed E-state index contributed by atoms with van der Waals surface area (Å²) in [5.74, 6) is 1.68. The minimum Gasteiger partial charge on any atom is -0.469 e. The summed E-state index contributed by atoms with van der Waals surface area (Å²) in [6.45, 7) is 6.49. The zero-order valence-electron chi connectivity index (χ0n) is 11.1. The normalized spacial score (nSPS) is 12.9. The van der Waals surface area contributed by atoms with Gasteiger partial charge in [0.1, 0.15) is 5.76 Å². The average Bonchev–Trinajstić information content (AvgIpc) is 2.75. The molecule has 0 saturated heterocycles. The third-order valence-corrected chi connectivity index (χ3v) is 4.11. The summed E-state index contributed by atoms with van der Waals surface area (Å²) in [7, 11) is 0. The maximum absolute atomic E-state index is 5.35. The van der Waals surface area contributed by atoms with E-state index in [1.54, 1.807) is 6.26 Å². The van der Waals surface area contributed by atoms with E-state index >= 15 is 0 Å². The van der Waals surface area contributed by atoms with E-state index in [0.717, 1.165) is 12.2 Å². The molecule has 1 heterocycles. The van der Waals surface area contributed by atoms with Crippen molar-refractivity contribution >= 4 is 15.9 Å². The fourth-order valence-electron chi connectivity index (χ4n) is 2.13. The van der Waals surface area contributed by atoms with Gasteiger partial charge in [0.15, 0.2) is 0 Å². The molecule has 0 bridgehead atoms. The first-order valence-corrected chi connectivity index (χ1v) is 7.26. The molecule has 96 valence electrons. The molecule has 1 atom stereocenters. The van der Waals surface area contributed by atoms with Crippen LogP contribution in [0.2, 0.25) is 0 Å². The number of hydrogen-bond acceptors (Lipinski definition) is 1. The fourth-order valence-corrected chi connectivity index (χ4v) is 2.91. The van der Waals surface area contributed by atoms with Crippen molar-refractivity contribution in [2.75, 3.05) is 0 Å². The van der Waals surface area contributed by atoms with Crippen LogP contribution in [-0.2, 0) is 6.42 Å². The third kappa shape index (κ3) is 3.05. The van der Waals surface area contributed by atoms with Gasteiger partial charge in [0.05, 0.1) is 11.1 Å². The van der Waals surface area contributed by atoms with Crippen molar-refractivity contribution < 1.29 is 4.42 Å². The maximum Gasteiger partial charge on any atom is 0.105 e. The minimum atomic E-state index is 0.212. The molecule has 0 fully saturated rings. The van der Waals surface area contributed by atoms with Crippen molar-refractivity contribution in [1.82, 2.24) is 0 Å². The van der Waals surface area contributed by atoms with Crippen LogP contribution in [0.1, 0.15) is 41.1 Å².